The molecule has 0 saturated heterocycles. The van der Waals surface area contributed by atoms with Gasteiger partial charge < -0.3 is 4.90 Å². The summed E-state index contributed by atoms with van der Waals surface area (Å²) in [6.45, 7) is -0.609. The second kappa shape index (κ2) is 8.01. The van der Waals surface area contributed by atoms with E-state index in [4.69, 9.17) is 0 Å². The number of hydrogen-bond acceptors (Lipinski definition) is 3. The van der Waals surface area contributed by atoms with Crippen LogP contribution in [0.1, 0.15) is 16.7 Å². The van der Waals surface area contributed by atoms with E-state index >= 15 is 0 Å². The van der Waals surface area contributed by atoms with E-state index in [0.717, 1.165) is 18.2 Å². The predicted molar refractivity (Wildman–Crippen MR) is 102 cm³/mol. The largest absolute Gasteiger partial charge is 0.471 e. The molecule has 0 aromatic heterocycles. The summed E-state index contributed by atoms with van der Waals surface area (Å²) in [6, 6.07) is 6.49. The van der Waals surface area contributed by atoms with Gasteiger partial charge in [0.25, 0.3) is 10.0 Å². The van der Waals surface area contributed by atoms with Crippen LogP contribution in [0.5, 0.6) is 0 Å². The number of sulfonamides is 1. The van der Waals surface area contributed by atoms with E-state index in [9.17, 15) is 39.6 Å². The molecule has 0 fully saturated rings. The number of carbonyl (C=O) groups excluding carboxylic acids is 1. The van der Waals surface area contributed by atoms with E-state index in [0.29, 0.717) is 16.5 Å². The SMILES string of the molecule is O=C(N1CCc2ccc(S(=O)(=O)Nc3ccc(Br)c(C(F)(F)F)c3)cc2C1)C(F)(F)F. The van der Waals surface area contributed by atoms with Crippen LogP contribution in [0.2, 0.25) is 0 Å². The Bertz CT molecular complexity index is 1130. The highest BCUT2D eigenvalue weighted by molar-refractivity contribution is 9.10. The van der Waals surface area contributed by atoms with Crippen LogP contribution >= 0.6 is 15.9 Å². The van der Waals surface area contributed by atoms with Crippen molar-refractivity contribution in [3.8, 4) is 0 Å². The number of anilines is 1. The van der Waals surface area contributed by atoms with Crippen molar-refractivity contribution >= 4 is 37.5 Å². The van der Waals surface area contributed by atoms with Crippen LogP contribution in [0, 0.1) is 0 Å². The van der Waals surface area contributed by atoms with Crippen LogP contribution < -0.4 is 4.72 Å². The molecular formula is C18H13BrF6N2O3S. The molecule has 1 N–H and O–H groups in total. The number of benzene rings is 2. The van der Waals surface area contributed by atoms with Crippen LogP contribution in [0.25, 0.3) is 0 Å². The maximum atomic E-state index is 13.0. The number of alkyl halides is 6. The third kappa shape index (κ3) is 5.14. The number of nitrogens with zero attached hydrogens (tertiary/aromatic N) is 1. The molecule has 0 saturated carbocycles. The Balaban J connectivity index is 1.88. The minimum Gasteiger partial charge on any atom is -0.330 e. The predicted octanol–water partition coefficient (Wildman–Crippen LogP) is 4.72. The van der Waals surface area contributed by atoms with E-state index in [-0.39, 0.29) is 33.6 Å². The van der Waals surface area contributed by atoms with Gasteiger partial charge in [-0.15, -0.1) is 0 Å². The Labute approximate surface area is 181 Å². The van der Waals surface area contributed by atoms with Gasteiger partial charge in [-0.3, -0.25) is 9.52 Å². The van der Waals surface area contributed by atoms with Crippen molar-refractivity contribution in [1.82, 2.24) is 4.90 Å². The molecule has 2 aromatic carbocycles. The lowest BCUT2D eigenvalue weighted by Gasteiger charge is -2.29. The Hall–Kier alpha value is -2.28. The minimum atomic E-state index is -5.06. The van der Waals surface area contributed by atoms with Gasteiger partial charge in [0.05, 0.1) is 10.5 Å². The van der Waals surface area contributed by atoms with Gasteiger partial charge in [0.15, 0.2) is 0 Å². The summed E-state index contributed by atoms with van der Waals surface area (Å²) in [5.41, 5.74) is -0.645. The van der Waals surface area contributed by atoms with E-state index in [1.807, 2.05) is 4.72 Å². The lowest BCUT2D eigenvalue weighted by Crippen LogP contribution is -2.43. The molecule has 0 radical (unpaired) electrons. The molecule has 0 spiro atoms. The minimum absolute atomic E-state index is 0.104. The monoisotopic (exact) mass is 530 g/mol. The van der Waals surface area contributed by atoms with Gasteiger partial charge in [0.2, 0.25) is 0 Å². The fourth-order valence-electron chi connectivity index (χ4n) is 3.07. The number of amides is 1. The number of halogens is 7. The Morgan fingerprint density at radius 1 is 1.00 bits per heavy atom. The molecule has 0 atom stereocenters. The third-order valence-electron chi connectivity index (χ3n) is 4.55. The molecule has 0 bridgehead atoms. The zero-order chi connectivity index (χ0) is 23.2. The van der Waals surface area contributed by atoms with Gasteiger partial charge in [-0.05, 0) is 47.9 Å². The summed E-state index contributed by atoms with van der Waals surface area (Å²) < 4.78 is 104. The first-order valence-corrected chi connectivity index (χ1v) is 10.8. The summed E-state index contributed by atoms with van der Waals surface area (Å²) in [4.78, 5) is 11.7. The van der Waals surface area contributed by atoms with Crippen molar-refractivity contribution in [2.24, 2.45) is 0 Å². The molecule has 1 aliphatic rings. The number of hydrogen-bond donors (Lipinski definition) is 1. The van der Waals surface area contributed by atoms with Crippen LogP contribution in [0.3, 0.4) is 0 Å². The van der Waals surface area contributed by atoms with Gasteiger partial charge in [0, 0.05) is 23.2 Å². The smallest absolute Gasteiger partial charge is 0.330 e. The topological polar surface area (TPSA) is 66.5 Å². The van der Waals surface area contributed by atoms with Gasteiger partial charge in [-0.2, -0.15) is 26.3 Å². The van der Waals surface area contributed by atoms with E-state index in [2.05, 4.69) is 15.9 Å². The van der Waals surface area contributed by atoms with E-state index in [1.165, 1.54) is 12.1 Å². The number of fused-ring (bicyclic) bond motifs is 1. The van der Waals surface area contributed by atoms with Crippen molar-refractivity contribution in [2.75, 3.05) is 11.3 Å². The fourth-order valence-corrected chi connectivity index (χ4v) is 4.64. The lowest BCUT2D eigenvalue weighted by atomic mass is 10.00. The quantitative estimate of drug-likeness (QED) is 0.584. The first-order chi connectivity index (χ1) is 14.2. The maximum absolute atomic E-state index is 13.0. The zero-order valence-corrected chi connectivity index (χ0v) is 17.7. The van der Waals surface area contributed by atoms with Crippen LogP contribution in [0.15, 0.2) is 45.8 Å². The number of rotatable bonds is 3. The molecular weight excluding hydrogens is 518 g/mol. The summed E-state index contributed by atoms with van der Waals surface area (Å²) >= 11 is 2.75. The van der Waals surface area contributed by atoms with Gasteiger partial charge >= 0.3 is 18.3 Å². The molecule has 1 aliphatic heterocycles. The van der Waals surface area contributed by atoms with Crippen molar-refractivity contribution in [3.05, 3.63) is 57.6 Å². The van der Waals surface area contributed by atoms with Crippen LogP contribution in [-0.2, 0) is 34.0 Å². The van der Waals surface area contributed by atoms with Crippen LogP contribution in [0.4, 0.5) is 32.0 Å². The Kier molecular flexibility index (Phi) is 6.04. The highest BCUT2D eigenvalue weighted by atomic mass is 79.9. The third-order valence-corrected chi connectivity index (χ3v) is 6.62. The van der Waals surface area contributed by atoms with Crippen molar-refractivity contribution < 1.29 is 39.6 Å². The Morgan fingerprint density at radius 3 is 2.29 bits per heavy atom. The normalized spacial score (nSPS) is 14.9. The maximum Gasteiger partial charge on any atom is 0.471 e. The fraction of sp³-hybridized carbons (Fsp3) is 0.278. The van der Waals surface area contributed by atoms with Crippen molar-refractivity contribution in [3.63, 3.8) is 0 Å². The number of carbonyl (C=O) groups is 1. The summed E-state index contributed by atoms with van der Waals surface area (Å²) in [7, 11) is -4.35. The molecule has 3 rings (SSSR count). The second-order valence-electron chi connectivity index (χ2n) is 6.70. The lowest BCUT2D eigenvalue weighted by molar-refractivity contribution is -0.186. The molecule has 31 heavy (non-hydrogen) atoms. The molecule has 0 unspecified atom stereocenters. The molecule has 13 heteroatoms. The van der Waals surface area contributed by atoms with E-state index in [1.54, 1.807) is 0 Å². The van der Waals surface area contributed by atoms with Gasteiger partial charge in [-0.25, -0.2) is 8.42 Å². The van der Waals surface area contributed by atoms with Gasteiger partial charge in [0.1, 0.15) is 0 Å². The first-order valence-electron chi connectivity index (χ1n) is 8.56. The molecule has 1 heterocycles. The highest BCUT2D eigenvalue weighted by Gasteiger charge is 2.43. The molecule has 0 aliphatic carbocycles. The van der Waals surface area contributed by atoms with Crippen molar-refractivity contribution in [1.29, 1.82) is 0 Å². The first kappa shape index (κ1) is 23.4. The molecule has 5 nitrogen and oxygen atoms in total. The average Bonchev–Trinajstić information content (AvgIpc) is 2.66. The summed E-state index contributed by atoms with van der Waals surface area (Å²) in [5.74, 6) is -2.03. The van der Waals surface area contributed by atoms with Crippen molar-refractivity contribution in [2.45, 2.75) is 30.2 Å². The summed E-state index contributed by atoms with van der Waals surface area (Å²) in [5, 5.41) is 0. The summed E-state index contributed by atoms with van der Waals surface area (Å²) in [6.07, 6.45) is -9.67. The molecule has 2 aromatic rings. The molecule has 1 amide bonds. The molecule has 168 valence electrons. The van der Waals surface area contributed by atoms with E-state index < -0.39 is 40.4 Å². The number of nitrogens with one attached hydrogen (secondary N) is 1. The Morgan fingerprint density at radius 2 is 1.68 bits per heavy atom. The zero-order valence-electron chi connectivity index (χ0n) is 15.3. The van der Waals surface area contributed by atoms with Gasteiger partial charge in [-0.1, -0.05) is 22.0 Å². The second-order valence-corrected chi connectivity index (χ2v) is 9.24. The average molecular weight is 531 g/mol. The highest BCUT2D eigenvalue weighted by Crippen LogP contribution is 2.37. The van der Waals surface area contributed by atoms with Crippen LogP contribution in [-0.4, -0.2) is 31.9 Å². The standard InChI is InChI=1S/C18H13BrF6N2O3S/c19-15-4-2-12(8-14(15)17(20,21)22)26-31(29,30)13-3-1-10-5-6-27(9-11(10)7-13)16(28)18(23,24)25/h1-4,7-8,26H,5-6,9H2.